The first-order valence-corrected chi connectivity index (χ1v) is 11.2. The number of halogens is 3. The lowest BCUT2D eigenvalue weighted by Crippen LogP contribution is -2.44. The van der Waals surface area contributed by atoms with Crippen LogP contribution in [0.5, 0.6) is 5.75 Å². The van der Waals surface area contributed by atoms with Crippen molar-refractivity contribution in [1.29, 1.82) is 0 Å². The van der Waals surface area contributed by atoms with Gasteiger partial charge in [0.25, 0.3) is 0 Å². The lowest BCUT2D eigenvalue weighted by molar-refractivity contribution is -0.137. The molecule has 5 rings (SSSR count). The molecule has 2 heterocycles. The molecule has 1 aliphatic heterocycles. The van der Waals surface area contributed by atoms with Crippen molar-refractivity contribution in [1.82, 2.24) is 9.88 Å². The number of benzene rings is 3. The number of thiazole rings is 1. The maximum Gasteiger partial charge on any atom is 0.416 e. The summed E-state index contributed by atoms with van der Waals surface area (Å²) in [6.45, 7) is 4.22. The van der Waals surface area contributed by atoms with Gasteiger partial charge >= 0.3 is 6.18 Å². The van der Waals surface area contributed by atoms with Gasteiger partial charge in [0.05, 0.1) is 15.8 Å². The summed E-state index contributed by atoms with van der Waals surface area (Å²) in [6.07, 6.45) is -4.37. The number of ether oxygens (including phenoxy) is 1. The van der Waals surface area contributed by atoms with E-state index in [2.05, 4.69) is 40.0 Å². The molecular weight excluding hydrogens is 435 g/mol. The first-order valence-electron chi connectivity index (χ1n) is 10.4. The molecule has 4 aromatic rings. The minimum atomic E-state index is -4.37. The molecule has 8 heteroatoms. The summed E-state index contributed by atoms with van der Waals surface area (Å²) in [5.41, 5.74) is 0.855. The second kappa shape index (κ2) is 8.26. The number of hydrogen-bond acceptors (Lipinski definition) is 5. The standard InChI is InChI=1S/C24H22F3N3OS/c1-29-9-11-30(12-10-29)21-4-2-3-16-5-7-18(14-19(16)21)31-15-23-28-20-13-17(24(25,26)27)6-8-22(20)32-23/h2-8,13-14H,9-12,15H2,1H3. The first-order chi connectivity index (χ1) is 15.4. The lowest BCUT2D eigenvalue weighted by Gasteiger charge is -2.34. The fourth-order valence-electron chi connectivity index (χ4n) is 4.01. The Kier molecular flexibility index (Phi) is 5.43. The predicted octanol–water partition coefficient (Wildman–Crippen LogP) is 5.80. The van der Waals surface area contributed by atoms with Crippen molar-refractivity contribution in [2.45, 2.75) is 12.8 Å². The zero-order valence-electron chi connectivity index (χ0n) is 17.5. The molecule has 0 atom stereocenters. The fourth-order valence-corrected chi connectivity index (χ4v) is 4.87. The van der Waals surface area contributed by atoms with Crippen LogP contribution in [0.3, 0.4) is 0 Å². The van der Waals surface area contributed by atoms with Gasteiger partial charge < -0.3 is 14.5 Å². The third kappa shape index (κ3) is 4.25. The molecule has 0 amide bonds. The molecule has 0 saturated carbocycles. The van der Waals surface area contributed by atoms with E-state index in [-0.39, 0.29) is 6.61 Å². The second-order valence-electron chi connectivity index (χ2n) is 8.03. The van der Waals surface area contributed by atoms with Crippen molar-refractivity contribution < 1.29 is 17.9 Å². The van der Waals surface area contributed by atoms with Gasteiger partial charge in [-0.2, -0.15) is 13.2 Å². The topological polar surface area (TPSA) is 28.6 Å². The van der Waals surface area contributed by atoms with E-state index < -0.39 is 11.7 Å². The molecule has 32 heavy (non-hydrogen) atoms. The summed E-state index contributed by atoms with van der Waals surface area (Å²) in [6, 6.07) is 16.0. The van der Waals surface area contributed by atoms with Gasteiger partial charge in [-0.1, -0.05) is 18.2 Å². The first kappa shape index (κ1) is 21.0. The van der Waals surface area contributed by atoms with Crippen molar-refractivity contribution in [2.75, 3.05) is 38.1 Å². The monoisotopic (exact) mass is 457 g/mol. The number of aromatic nitrogens is 1. The summed E-state index contributed by atoms with van der Waals surface area (Å²) < 4.78 is 45.6. The smallest absolute Gasteiger partial charge is 0.416 e. The maximum absolute atomic E-state index is 13.0. The molecular formula is C24H22F3N3OS. The molecule has 0 spiro atoms. The van der Waals surface area contributed by atoms with Crippen LogP contribution in [0.1, 0.15) is 10.6 Å². The van der Waals surface area contributed by atoms with Gasteiger partial charge in [0.2, 0.25) is 0 Å². The van der Waals surface area contributed by atoms with Crippen LogP contribution in [-0.2, 0) is 12.8 Å². The van der Waals surface area contributed by atoms with Crippen molar-refractivity contribution in [3.63, 3.8) is 0 Å². The number of anilines is 1. The molecule has 3 aromatic carbocycles. The largest absolute Gasteiger partial charge is 0.486 e. The highest BCUT2D eigenvalue weighted by Crippen LogP contribution is 2.34. The summed E-state index contributed by atoms with van der Waals surface area (Å²) in [4.78, 5) is 9.07. The SMILES string of the molecule is CN1CCN(c2cccc3ccc(OCc4nc5cc(C(F)(F)F)ccc5s4)cc23)CC1. The van der Waals surface area contributed by atoms with E-state index in [1.165, 1.54) is 23.1 Å². The highest BCUT2D eigenvalue weighted by molar-refractivity contribution is 7.18. The average Bonchev–Trinajstić information content (AvgIpc) is 3.19. The Morgan fingerprint density at radius 1 is 1.00 bits per heavy atom. The molecule has 0 unspecified atom stereocenters. The van der Waals surface area contributed by atoms with Crippen molar-refractivity contribution in [2.24, 2.45) is 0 Å². The van der Waals surface area contributed by atoms with Crippen molar-refractivity contribution in [3.05, 3.63) is 65.2 Å². The van der Waals surface area contributed by atoms with E-state index in [0.29, 0.717) is 21.0 Å². The predicted molar refractivity (Wildman–Crippen MR) is 123 cm³/mol. The Labute approximate surface area is 187 Å². The quantitative estimate of drug-likeness (QED) is 0.387. The zero-order chi connectivity index (χ0) is 22.3. The highest BCUT2D eigenvalue weighted by Gasteiger charge is 2.30. The Morgan fingerprint density at radius 3 is 2.59 bits per heavy atom. The van der Waals surface area contributed by atoms with Gasteiger partial charge in [-0.05, 0) is 48.8 Å². The zero-order valence-corrected chi connectivity index (χ0v) is 18.3. The summed E-state index contributed by atoms with van der Waals surface area (Å²) in [7, 11) is 2.14. The fraction of sp³-hybridized carbons (Fsp3) is 0.292. The van der Waals surface area contributed by atoms with Crippen LogP contribution < -0.4 is 9.64 Å². The molecule has 1 aliphatic rings. The minimum Gasteiger partial charge on any atom is -0.486 e. The van der Waals surface area contributed by atoms with E-state index in [9.17, 15) is 13.2 Å². The van der Waals surface area contributed by atoms with Gasteiger partial charge in [-0.25, -0.2) is 4.98 Å². The summed E-state index contributed by atoms with van der Waals surface area (Å²) in [5.74, 6) is 0.717. The number of alkyl halides is 3. The summed E-state index contributed by atoms with van der Waals surface area (Å²) >= 11 is 1.35. The molecule has 1 fully saturated rings. The molecule has 1 aromatic heterocycles. The molecule has 0 N–H and O–H groups in total. The minimum absolute atomic E-state index is 0.211. The van der Waals surface area contributed by atoms with E-state index in [1.807, 2.05) is 18.2 Å². The van der Waals surface area contributed by atoms with Gasteiger partial charge in [-0.15, -0.1) is 11.3 Å². The number of fused-ring (bicyclic) bond motifs is 2. The average molecular weight is 458 g/mol. The van der Waals surface area contributed by atoms with Crippen molar-refractivity contribution in [3.8, 4) is 5.75 Å². The number of nitrogens with zero attached hydrogens (tertiary/aromatic N) is 3. The summed E-state index contributed by atoms with van der Waals surface area (Å²) in [5, 5.41) is 2.92. The number of piperazine rings is 1. The normalized spacial score (nSPS) is 15.6. The van der Waals surface area contributed by atoms with Crippen LogP contribution in [0.4, 0.5) is 18.9 Å². The van der Waals surface area contributed by atoms with Gasteiger partial charge in [0.15, 0.2) is 0 Å². The highest BCUT2D eigenvalue weighted by atomic mass is 32.1. The van der Waals surface area contributed by atoms with Crippen LogP contribution in [-0.4, -0.2) is 43.1 Å². The van der Waals surface area contributed by atoms with Crippen LogP contribution in [0, 0.1) is 0 Å². The molecule has 4 nitrogen and oxygen atoms in total. The van der Waals surface area contributed by atoms with E-state index in [4.69, 9.17) is 4.74 Å². The number of likely N-dealkylation sites (N-methyl/N-ethyl adjacent to an activating group) is 1. The molecule has 166 valence electrons. The Hall–Kier alpha value is -2.84. The van der Waals surface area contributed by atoms with Crippen LogP contribution in [0.15, 0.2) is 54.6 Å². The molecule has 0 radical (unpaired) electrons. The van der Waals surface area contributed by atoms with Crippen LogP contribution >= 0.6 is 11.3 Å². The third-order valence-electron chi connectivity index (χ3n) is 5.80. The molecule has 1 saturated heterocycles. The van der Waals surface area contributed by atoms with E-state index in [0.717, 1.165) is 49.1 Å². The van der Waals surface area contributed by atoms with Gasteiger partial charge in [0, 0.05) is 37.3 Å². The third-order valence-corrected chi connectivity index (χ3v) is 6.81. The lowest BCUT2D eigenvalue weighted by atomic mass is 10.1. The van der Waals surface area contributed by atoms with Gasteiger partial charge in [0.1, 0.15) is 17.4 Å². The number of hydrogen-bond donors (Lipinski definition) is 0. The van der Waals surface area contributed by atoms with Crippen LogP contribution in [0.2, 0.25) is 0 Å². The van der Waals surface area contributed by atoms with E-state index in [1.54, 1.807) is 0 Å². The Morgan fingerprint density at radius 2 is 1.81 bits per heavy atom. The Balaban J connectivity index is 1.37. The molecule has 0 bridgehead atoms. The second-order valence-corrected chi connectivity index (χ2v) is 9.14. The van der Waals surface area contributed by atoms with Crippen molar-refractivity contribution >= 4 is 38.0 Å². The van der Waals surface area contributed by atoms with Crippen LogP contribution in [0.25, 0.3) is 21.0 Å². The van der Waals surface area contributed by atoms with Gasteiger partial charge in [-0.3, -0.25) is 0 Å². The maximum atomic E-state index is 13.0. The molecule has 0 aliphatic carbocycles. The number of rotatable bonds is 4. The van der Waals surface area contributed by atoms with E-state index >= 15 is 0 Å². The Bertz CT molecular complexity index is 1260.